The van der Waals surface area contributed by atoms with Crippen molar-refractivity contribution in [3.63, 3.8) is 0 Å². The minimum Gasteiger partial charge on any atom is -0.354 e. The average molecular weight is 589 g/mol. The van der Waals surface area contributed by atoms with Gasteiger partial charge < -0.3 is 10.3 Å². The van der Waals surface area contributed by atoms with Gasteiger partial charge in [0.15, 0.2) is 0 Å². The van der Waals surface area contributed by atoms with E-state index in [0.29, 0.717) is 52.5 Å². The van der Waals surface area contributed by atoms with Crippen LogP contribution in [0.4, 0.5) is 4.39 Å². The fraction of sp³-hybridized carbons (Fsp3) is 0.276. The topological polar surface area (TPSA) is 91.1 Å². The quantitative estimate of drug-likeness (QED) is 0.217. The first kappa shape index (κ1) is 27.6. The maximum absolute atomic E-state index is 13.2. The monoisotopic (exact) mass is 587 g/mol. The van der Waals surface area contributed by atoms with Crippen LogP contribution in [0.25, 0.3) is 22.2 Å². The third kappa shape index (κ3) is 6.14. The molecule has 1 aromatic heterocycles. The van der Waals surface area contributed by atoms with Gasteiger partial charge in [-0.3, -0.25) is 4.79 Å². The van der Waals surface area contributed by atoms with Crippen LogP contribution in [0.1, 0.15) is 44.2 Å². The number of aromatic nitrogens is 1. The predicted octanol–water partition coefficient (Wildman–Crippen LogP) is 7.00. The molecule has 0 radical (unpaired) electrons. The molecule has 1 heterocycles. The number of aromatic amines is 1. The molecule has 4 aromatic rings. The van der Waals surface area contributed by atoms with Crippen molar-refractivity contribution in [3.8, 4) is 11.3 Å². The van der Waals surface area contributed by atoms with Crippen LogP contribution >= 0.6 is 23.2 Å². The molecule has 1 saturated carbocycles. The van der Waals surface area contributed by atoms with Crippen LogP contribution in [0.3, 0.4) is 0 Å². The average Bonchev–Trinajstić information content (AvgIpc) is 3.32. The molecule has 10 heteroatoms. The number of H-pyrrole nitrogens is 1. The molecule has 3 N–H and O–H groups in total. The van der Waals surface area contributed by atoms with E-state index < -0.39 is 10.0 Å². The van der Waals surface area contributed by atoms with E-state index in [4.69, 9.17) is 23.2 Å². The highest BCUT2D eigenvalue weighted by Crippen LogP contribution is 2.36. The first-order valence-electron chi connectivity index (χ1n) is 12.8. The fourth-order valence-corrected chi connectivity index (χ4v) is 7.02. The summed E-state index contributed by atoms with van der Waals surface area (Å²) < 4.78 is 42.4. The number of nitrogens with one attached hydrogen (secondary N) is 3. The van der Waals surface area contributed by atoms with Crippen molar-refractivity contribution in [2.75, 3.05) is 0 Å². The Hall–Kier alpha value is -2.91. The molecule has 0 aliphatic heterocycles. The lowest BCUT2D eigenvalue weighted by molar-refractivity contribution is -0.126. The lowest BCUT2D eigenvalue weighted by atomic mass is 9.85. The molecule has 6 nitrogen and oxygen atoms in total. The van der Waals surface area contributed by atoms with E-state index in [1.54, 1.807) is 48.5 Å². The second kappa shape index (κ2) is 11.3. The molecule has 39 heavy (non-hydrogen) atoms. The Balaban J connectivity index is 1.21. The number of sulfonamides is 1. The highest BCUT2D eigenvalue weighted by Gasteiger charge is 2.30. The summed E-state index contributed by atoms with van der Waals surface area (Å²) in [5.74, 6) is -0.587. The summed E-state index contributed by atoms with van der Waals surface area (Å²) in [6, 6.07) is 17.6. The molecule has 0 bridgehead atoms. The smallest absolute Gasteiger partial charge is 0.240 e. The molecule has 0 unspecified atom stereocenters. The van der Waals surface area contributed by atoms with Crippen LogP contribution in [0.2, 0.25) is 10.0 Å². The van der Waals surface area contributed by atoms with E-state index in [1.165, 1.54) is 12.1 Å². The maximum Gasteiger partial charge on any atom is 0.240 e. The summed E-state index contributed by atoms with van der Waals surface area (Å²) in [5, 5.41) is 4.82. The lowest BCUT2D eigenvalue weighted by Gasteiger charge is -2.29. The summed E-state index contributed by atoms with van der Waals surface area (Å²) in [6.07, 6.45) is 2.27. The largest absolute Gasteiger partial charge is 0.354 e. The van der Waals surface area contributed by atoms with E-state index in [2.05, 4.69) is 15.0 Å². The van der Waals surface area contributed by atoms with E-state index in [1.807, 2.05) is 13.0 Å². The summed E-state index contributed by atoms with van der Waals surface area (Å²) in [6.45, 7) is 1.86. The van der Waals surface area contributed by atoms with Crippen molar-refractivity contribution in [3.05, 3.63) is 88.2 Å². The second-order valence-corrected chi connectivity index (χ2v) is 12.5. The van der Waals surface area contributed by atoms with Gasteiger partial charge >= 0.3 is 0 Å². The Morgan fingerprint density at radius 1 is 0.974 bits per heavy atom. The molecule has 0 saturated heterocycles. The predicted molar refractivity (Wildman–Crippen MR) is 153 cm³/mol. The van der Waals surface area contributed by atoms with Gasteiger partial charge in [0, 0.05) is 34.1 Å². The van der Waals surface area contributed by atoms with Gasteiger partial charge in [0.25, 0.3) is 0 Å². The van der Waals surface area contributed by atoms with Crippen LogP contribution in [-0.4, -0.2) is 25.4 Å². The van der Waals surface area contributed by atoms with Gasteiger partial charge in [-0.05, 0) is 80.6 Å². The highest BCUT2D eigenvalue weighted by atomic mass is 35.5. The Labute approximate surface area is 237 Å². The third-order valence-corrected chi connectivity index (χ3v) is 9.43. The number of carbonyl (C=O) groups excluding carboxylic acids is 1. The molecule has 1 aliphatic carbocycles. The van der Waals surface area contributed by atoms with Crippen LogP contribution in [0, 0.1) is 11.7 Å². The molecule has 0 spiro atoms. The van der Waals surface area contributed by atoms with E-state index >= 15 is 0 Å². The molecule has 5 rings (SSSR count). The first-order valence-corrected chi connectivity index (χ1v) is 15.0. The highest BCUT2D eigenvalue weighted by molar-refractivity contribution is 7.89. The normalized spacial score (nSPS) is 18.7. The number of halogens is 3. The van der Waals surface area contributed by atoms with Gasteiger partial charge in [0.1, 0.15) is 5.82 Å². The van der Waals surface area contributed by atoms with Crippen molar-refractivity contribution in [2.24, 2.45) is 5.92 Å². The number of fused-ring (bicyclic) bond motifs is 1. The van der Waals surface area contributed by atoms with Crippen molar-refractivity contribution in [2.45, 2.75) is 49.6 Å². The zero-order valence-electron chi connectivity index (χ0n) is 21.2. The number of benzene rings is 3. The van der Waals surface area contributed by atoms with Crippen LogP contribution < -0.4 is 10.0 Å². The van der Waals surface area contributed by atoms with E-state index in [9.17, 15) is 17.6 Å². The molecular formula is C29H28Cl2FN3O3S. The van der Waals surface area contributed by atoms with E-state index in [0.717, 1.165) is 10.9 Å². The Morgan fingerprint density at radius 2 is 1.64 bits per heavy atom. The van der Waals surface area contributed by atoms with Crippen LogP contribution in [0.5, 0.6) is 0 Å². The number of hydrogen-bond donors (Lipinski definition) is 3. The number of amides is 1. The van der Waals surface area contributed by atoms with Crippen molar-refractivity contribution >= 4 is 50.0 Å². The maximum atomic E-state index is 13.2. The molecular weight excluding hydrogens is 560 g/mol. The van der Waals surface area contributed by atoms with Gasteiger partial charge in [-0.1, -0.05) is 47.5 Å². The van der Waals surface area contributed by atoms with Gasteiger partial charge in [-0.2, -0.15) is 0 Å². The fourth-order valence-electron chi connectivity index (χ4n) is 5.09. The minimum atomic E-state index is -3.77. The van der Waals surface area contributed by atoms with Gasteiger partial charge in [0.05, 0.1) is 21.0 Å². The Bertz CT molecular complexity index is 1590. The first-order chi connectivity index (χ1) is 18.6. The molecule has 1 aliphatic rings. The zero-order valence-corrected chi connectivity index (χ0v) is 23.5. The van der Waals surface area contributed by atoms with Crippen LogP contribution in [-0.2, 0) is 14.8 Å². The molecule has 3 aromatic carbocycles. The van der Waals surface area contributed by atoms with Gasteiger partial charge in [-0.25, -0.2) is 17.5 Å². The lowest BCUT2D eigenvalue weighted by Crippen LogP contribution is -2.41. The molecule has 1 amide bonds. The number of rotatable bonds is 7. The summed E-state index contributed by atoms with van der Waals surface area (Å²) in [7, 11) is -3.77. The van der Waals surface area contributed by atoms with E-state index in [-0.39, 0.29) is 34.6 Å². The second-order valence-electron chi connectivity index (χ2n) is 9.98. The molecule has 204 valence electrons. The Morgan fingerprint density at radius 3 is 2.31 bits per heavy atom. The molecule has 1 atom stereocenters. The number of hydrogen-bond acceptors (Lipinski definition) is 3. The van der Waals surface area contributed by atoms with Crippen LogP contribution in [0.15, 0.2) is 71.6 Å². The third-order valence-electron chi connectivity index (χ3n) is 7.28. The van der Waals surface area contributed by atoms with Crippen molar-refractivity contribution in [1.82, 2.24) is 15.0 Å². The summed E-state index contributed by atoms with van der Waals surface area (Å²) in [4.78, 5) is 16.2. The summed E-state index contributed by atoms with van der Waals surface area (Å²) in [5.41, 5.74) is 2.84. The van der Waals surface area contributed by atoms with Crippen molar-refractivity contribution < 1.29 is 17.6 Å². The standard InChI is InChI=1S/C29H28Cl2FN3O3S/c1-17(18-5-10-21(32)11-6-18)33-29(36)19-7-12-22(13-8-19)35-39(37,38)23-14-9-20-15-27(34-26(20)16-23)28-24(30)3-2-4-25(28)31/h2-6,9-11,14-17,19,22,34-35H,7-8,12-13H2,1H3,(H,33,36)/t17-,19?,22?/m1/s1. The molecule has 1 fully saturated rings. The number of carbonyl (C=O) groups is 1. The SMILES string of the molecule is C[C@@H](NC(=O)C1CCC(NS(=O)(=O)c2ccc3cc(-c4c(Cl)cccc4Cl)[nH]c3c2)CC1)c1ccc(F)cc1. The minimum absolute atomic E-state index is 0.0697. The summed E-state index contributed by atoms with van der Waals surface area (Å²) >= 11 is 12.7. The Kier molecular flexibility index (Phi) is 8.01. The van der Waals surface area contributed by atoms with Gasteiger partial charge in [-0.15, -0.1) is 0 Å². The van der Waals surface area contributed by atoms with Crippen molar-refractivity contribution in [1.29, 1.82) is 0 Å². The van der Waals surface area contributed by atoms with Gasteiger partial charge in [0.2, 0.25) is 15.9 Å². The zero-order chi connectivity index (χ0) is 27.7.